The Morgan fingerprint density at radius 3 is 2.32 bits per heavy atom. The van der Waals surface area contributed by atoms with Crippen molar-refractivity contribution in [3.63, 3.8) is 0 Å². The maximum absolute atomic E-state index is 12.6. The van der Waals surface area contributed by atoms with E-state index in [0.717, 1.165) is 10.8 Å². The van der Waals surface area contributed by atoms with Crippen molar-refractivity contribution in [1.29, 1.82) is 0 Å². The Balaban J connectivity index is 1.50. The summed E-state index contributed by atoms with van der Waals surface area (Å²) in [6.07, 6.45) is 1.41. The molecule has 4 rings (SSSR count). The van der Waals surface area contributed by atoms with Crippen LogP contribution in [0.15, 0.2) is 94.4 Å². The Bertz CT molecular complexity index is 1230. The lowest BCUT2D eigenvalue weighted by molar-refractivity contribution is 0.0996. The second-order valence-corrected chi connectivity index (χ2v) is 7.55. The lowest BCUT2D eigenvalue weighted by Gasteiger charge is -2.09. The van der Waals surface area contributed by atoms with E-state index in [0.29, 0.717) is 5.69 Å². The smallest absolute Gasteiger partial charge is 0.339 e. The number of furan rings is 1. The molecule has 0 atom stereocenters. The maximum Gasteiger partial charge on any atom is 0.339 e. The minimum absolute atomic E-state index is 0.0707. The zero-order valence-electron chi connectivity index (χ0n) is 14.5. The topological polar surface area (TPSA) is 85.6 Å². The van der Waals surface area contributed by atoms with Crippen molar-refractivity contribution in [1.82, 2.24) is 0 Å². The van der Waals surface area contributed by atoms with Crippen LogP contribution in [0.25, 0.3) is 10.8 Å². The van der Waals surface area contributed by atoms with Crippen molar-refractivity contribution in [3.8, 4) is 5.75 Å². The van der Waals surface area contributed by atoms with E-state index in [1.807, 2.05) is 24.3 Å². The number of hydrogen-bond acceptors (Lipinski definition) is 5. The monoisotopic (exact) mass is 393 g/mol. The lowest BCUT2D eigenvalue weighted by atomic mass is 10.1. The van der Waals surface area contributed by atoms with Gasteiger partial charge in [0.1, 0.15) is 10.6 Å². The van der Waals surface area contributed by atoms with Crippen LogP contribution in [0.4, 0.5) is 5.69 Å². The van der Waals surface area contributed by atoms with Gasteiger partial charge in [-0.2, -0.15) is 8.42 Å². The Labute approximate surface area is 161 Å². The van der Waals surface area contributed by atoms with Gasteiger partial charge in [0.15, 0.2) is 5.76 Å². The van der Waals surface area contributed by atoms with Crippen LogP contribution in [-0.2, 0) is 10.1 Å². The minimum atomic E-state index is -3.98. The first-order valence-electron chi connectivity index (χ1n) is 8.39. The van der Waals surface area contributed by atoms with E-state index in [1.54, 1.807) is 36.4 Å². The molecule has 0 aliphatic carbocycles. The molecule has 0 aliphatic rings. The van der Waals surface area contributed by atoms with Gasteiger partial charge in [-0.3, -0.25) is 4.79 Å². The van der Waals surface area contributed by atoms with Crippen LogP contribution in [0.2, 0.25) is 0 Å². The largest absolute Gasteiger partial charge is 0.459 e. The number of rotatable bonds is 5. The first-order chi connectivity index (χ1) is 13.5. The van der Waals surface area contributed by atoms with Crippen molar-refractivity contribution in [2.45, 2.75) is 4.90 Å². The molecule has 28 heavy (non-hydrogen) atoms. The van der Waals surface area contributed by atoms with Gasteiger partial charge in [0.2, 0.25) is 0 Å². The molecule has 0 radical (unpaired) electrons. The number of benzene rings is 3. The molecular weight excluding hydrogens is 378 g/mol. The highest BCUT2D eigenvalue weighted by Crippen LogP contribution is 2.24. The van der Waals surface area contributed by atoms with Gasteiger partial charge in [-0.15, -0.1) is 0 Å². The average Bonchev–Trinajstić information content (AvgIpc) is 3.24. The molecule has 7 heteroatoms. The van der Waals surface area contributed by atoms with Crippen LogP contribution in [0, 0.1) is 0 Å². The molecule has 0 unspecified atom stereocenters. The van der Waals surface area contributed by atoms with Crippen molar-refractivity contribution >= 4 is 32.5 Å². The molecule has 3 aromatic carbocycles. The summed E-state index contributed by atoms with van der Waals surface area (Å²) < 4.78 is 35.3. The Hall–Kier alpha value is -3.58. The van der Waals surface area contributed by atoms with Gasteiger partial charge >= 0.3 is 10.1 Å². The molecular formula is C21H15NO5S. The number of carbonyl (C=O) groups is 1. The summed E-state index contributed by atoms with van der Waals surface area (Å²) in [6, 6.07) is 21.5. The molecule has 1 heterocycles. The van der Waals surface area contributed by atoms with Gasteiger partial charge in [-0.25, -0.2) is 0 Å². The molecule has 0 bridgehead atoms. The molecule has 0 fully saturated rings. The highest BCUT2D eigenvalue weighted by atomic mass is 32.2. The molecule has 0 saturated carbocycles. The third kappa shape index (κ3) is 3.74. The van der Waals surface area contributed by atoms with Crippen LogP contribution in [0.5, 0.6) is 5.75 Å². The van der Waals surface area contributed by atoms with Gasteiger partial charge in [0, 0.05) is 5.69 Å². The predicted octanol–water partition coefficient (Wildman–Crippen LogP) is 4.45. The molecule has 1 N–H and O–H groups in total. The van der Waals surface area contributed by atoms with E-state index < -0.39 is 16.0 Å². The van der Waals surface area contributed by atoms with Crippen LogP contribution < -0.4 is 9.50 Å². The molecule has 0 aliphatic heterocycles. The van der Waals surface area contributed by atoms with Gasteiger partial charge < -0.3 is 13.9 Å². The quantitative estimate of drug-likeness (QED) is 0.506. The Kier molecular flexibility index (Phi) is 4.58. The average molecular weight is 393 g/mol. The summed E-state index contributed by atoms with van der Waals surface area (Å²) in [4.78, 5) is 12.0. The number of fused-ring (bicyclic) bond motifs is 1. The van der Waals surface area contributed by atoms with E-state index >= 15 is 0 Å². The second kappa shape index (κ2) is 7.21. The standard InChI is InChI=1S/C21H15NO5S/c23-21(20-6-3-13-26-20)22-17-8-10-18(11-9-17)27-28(24,25)19-12-7-15-4-1-2-5-16(15)14-19/h1-14H,(H,22,23). The summed E-state index contributed by atoms with van der Waals surface area (Å²) in [6.45, 7) is 0. The highest BCUT2D eigenvalue weighted by Gasteiger charge is 2.17. The van der Waals surface area contributed by atoms with Gasteiger partial charge in [-0.05, 0) is 59.3 Å². The van der Waals surface area contributed by atoms with E-state index in [1.165, 1.54) is 24.5 Å². The fraction of sp³-hybridized carbons (Fsp3) is 0. The Morgan fingerprint density at radius 1 is 0.857 bits per heavy atom. The van der Waals surface area contributed by atoms with E-state index in [-0.39, 0.29) is 16.4 Å². The summed E-state index contributed by atoms with van der Waals surface area (Å²) in [5.74, 6) is -0.0779. The van der Waals surface area contributed by atoms with E-state index in [9.17, 15) is 13.2 Å². The van der Waals surface area contributed by atoms with E-state index in [2.05, 4.69) is 5.32 Å². The fourth-order valence-corrected chi connectivity index (χ4v) is 3.66. The van der Waals surface area contributed by atoms with Crippen LogP contribution in [-0.4, -0.2) is 14.3 Å². The second-order valence-electron chi connectivity index (χ2n) is 6.00. The molecule has 140 valence electrons. The van der Waals surface area contributed by atoms with Crippen LogP contribution >= 0.6 is 0 Å². The van der Waals surface area contributed by atoms with Crippen molar-refractivity contribution in [3.05, 3.63) is 90.9 Å². The van der Waals surface area contributed by atoms with Gasteiger partial charge in [0.05, 0.1) is 6.26 Å². The van der Waals surface area contributed by atoms with Gasteiger partial charge in [0.25, 0.3) is 5.91 Å². The van der Waals surface area contributed by atoms with E-state index in [4.69, 9.17) is 8.60 Å². The number of anilines is 1. The lowest BCUT2D eigenvalue weighted by Crippen LogP contribution is -2.11. The molecule has 1 aromatic heterocycles. The molecule has 4 aromatic rings. The first-order valence-corrected chi connectivity index (χ1v) is 9.80. The maximum atomic E-state index is 12.6. The minimum Gasteiger partial charge on any atom is -0.459 e. The fourth-order valence-electron chi connectivity index (χ4n) is 2.69. The van der Waals surface area contributed by atoms with Crippen LogP contribution in [0.1, 0.15) is 10.6 Å². The summed E-state index contributed by atoms with van der Waals surface area (Å²) >= 11 is 0. The van der Waals surface area contributed by atoms with Crippen molar-refractivity contribution < 1.29 is 21.8 Å². The number of nitrogens with one attached hydrogen (secondary N) is 1. The number of hydrogen-bond donors (Lipinski definition) is 1. The third-order valence-corrected chi connectivity index (χ3v) is 5.32. The Morgan fingerprint density at radius 2 is 1.61 bits per heavy atom. The zero-order chi connectivity index (χ0) is 19.6. The molecule has 0 saturated heterocycles. The number of carbonyl (C=O) groups excluding carboxylic acids is 1. The normalized spacial score (nSPS) is 11.3. The first kappa shape index (κ1) is 17.8. The SMILES string of the molecule is O=C(Nc1ccc(OS(=O)(=O)c2ccc3ccccc3c2)cc1)c1ccco1. The summed E-state index contributed by atoms with van der Waals surface area (Å²) in [5.41, 5.74) is 0.483. The molecule has 6 nitrogen and oxygen atoms in total. The summed E-state index contributed by atoms with van der Waals surface area (Å²) in [7, 11) is -3.98. The van der Waals surface area contributed by atoms with Crippen molar-refractivity contribution in [2.24, 2.45) is 0 Å². The zero-order valence-corrected chi connectivity index (χ0v) is 15.3. The number of amides is 1. The van der Waals surface area contributed by atoms with Crippen LogP contribution in [0.3, 0.4) is 0 Å². The highest BCUT2D eigenvalue weighted by molar-refractivity contribution is 7.87. The van der Waals surface area contributed by atoms with Crippen molar-refractivity contribution in [2.75, 3.05) is 5.32 Å². The third-order valence-electron chi connectivity index (χ3n) is 4.07. The molecule has 1 amide bonds. The summed E-state index contributed by atoms with van der Waals surface area (Å²) in [5, 5.41) is 4.40. The van der Waals surface area contributed by atoms with Gasteiger partial charge in [-0.1, -0.05) is 30.3 Å². The predicted molar refractivity (Wildman–Crippen MR) is 105 cm³/mol. The molecule has 0 spiro atoms.